The quantitative estimate of drug-likeness (QED) is 0.277. The van der Waals surface area contributed by atoms with Crippen molar-refractivity contribution in [2.75, 3.05) is 19.6 Å². The molecule has 0 spiro atoms. The molecule has 1 aromatic heterocycles. The molecule has 2 heterocycles. The summed E-state index contributed by atoms with van der Waals surface area (Å²) in [7, 11) is 0. The van der Waals surface area contributed by atoms with E-state index in [4.69, 9.17) is 4.99 Å². The summed E-state index contributed by atoms with van der Waals surface area (Å²) in [5, 5.41) is 18.0. The molecule has 200 valence electrons. The SMILES string of the molecule is CCNC(=O)c1ccc2c(C(=Nc3ccc(C(=O)N4C[C@@H](C)N[C@@H](C)C4)cc3)c3ccccc3)c(O)[nH]c2c1. The number of benzene rings is 3. The summed E-state index contributed by atoms with van der Waals surface area (Å²) in [4.78, 5) is 35.3. The van der Waals surface area contributed by atoms with Gasteiger partial charge in [-0.25, -0.2) is 4.99 Å². The van der Waals surface area contributed by atoms with Gasteiger partial charge in [-0.2, -0.15) is 0 Å². The van der Waals surface area contributed by atoms with Gasteiger partial charge in [0, 0.05) is 59.3 Å². The molecule has 1 aliphatic heterocycles. The number of aromatic hydroxyl groups is 1. The average Bonchev–Trinajstić information content (AvgIpc) is 3.26. The van der Waals surface area contributed by atoms with Crippen LogP contribution in [0.1, 0.15) is 52.6 Å². The van der Waals surface area contributed by atoms with E-state index in [-0.39, 0.29) is 29.8 Å². The molecule has 2 atom stereocenters. The third-order valence-corrected chi connectivity index (χ3v) is 6.86. The molecule has 8 nitrogen and oxygen atoms in total. The standard InChI is InChI=1S/C31H33N5O3/c1-4-32-29(37)23-12-15-25-26(16-23)35-30(38)27(25)28(21-8-6-5-7-9-21)34-24-13-10-22(11-14-24)31(39)36-17-19(2)33-20(3)18-36/h5-16,19-20,33,35,38H,4,17-18H2,1-3H3,(H,32,37)/t19-,20+. The second kappa shape index (κ2) is 11.1. The monoisotopic (exact) mass is 523 g/mol. The van der Waals surface area contributed by atoms with Gasteiger partial charge in [0.25, 0.3) is 11.8 Å². The zero-order valence-electron chi connectivity index (χ0n) is 22.4. The van der Waals surface area contributed by atoms with Crippen LogP contribution in [-0.2, 0) is 0 Å². The van der Waals surface area contributed by atoms with Crippen molar-refractivity contribution in [1.82, 2.24) is 20.5 Å². The predicted molar refractivity (Wildman–Crippen MR) is 154 cm³/mol. The lowest BCUT2D eigenvalue weighted by Crippen LogP contribution is -2.55. The first kappa shape index (κ1) is 26.2. The first-order valence-corrected chi connectivity index (χ1v) is 13.3. The van der Waals surface area contributed by atoms with Crippen molar-refractivity contribution in [2.24, 2.45) is 4.99 Å². The highest BCUT2D eigenvalue weighted by Crippen LogP contribution is 2.32. The first-order valence-electron chi connectivity index (χ1n) is 13.3. The maximum absolute atomic E-state index is 13.1. The molecule has 4 aromatic rings. The van der Waals surface area contributed by atoms with E-state index in [1.54, 1.807) is 24.3 Å². The van der Waals surface area contributed by atoms with Gasteiger partial charge in [0.05, 0.1) is 17.0 Å². The van der Waals surface area contributed by atoms with Crippen LogP contribution in [0.3, 0.4) is 0 Å². The number of hydrogen-bond acceptors (Lipinski definition) is 5. The minimum atomic E-state index is -0.175. The highest BCUT2D eigenvalue weighted by atomic mass is 16.3. The molecule has 3 aromatic carbocycles. The summed E-state index contributed by atoms with van der Waals surface area (Å²) in [5.41, 5.74) is 4.35. The van der Waals surface area contributed by atoms with Crippen molar-refractivity contribution in [3.8, 4) is 5.88 Å². The Kier molecular flexibility index (Phi) is 7.47. The maximum Gasteiger partial charge on any atom is 0.253 e. The van der Waals surface area contributed by atoms with Crippen LogP contribution in [0.5, 0.6) is 5.88 Å². The van der Waals surface area contributed by atoms with Crippen molar-refractivity contribution >= 4 is 34.1 Å². The lowest BCUT2D eigenvalue weighted by Gasteiger charge is -2.36. The van der Waals surface area contributed by atoms with Crippen LogP contribution < -0.4 is 10.6 Å². The van der Waals surface area contributed by atoms with E-state index < -0.39 is 0 Å². The number of nitrogens with zero attached hydrogens (tertiary/aromatic N) is 2. The molecular formula is C31H33N5O3. The van der Waals surface area contributed by atoms with Crippen molar-refractivity contribution in [3.63, 3.8) is 0 Å². The second-order valence-corrected chi connectivity index (χ2v) is 10.0. The largest absolute Gasteiger partial charge is 0.494 e. The zero-order valence-corrected chi connectivity index (χ0v) is 22.4. The molecule has 8 heteroatoms. The van der Waals surface area contributed by atoms with E-state index in [0.29, 0.717) is 53.2 Å². The lowest BCUT2D eigenvalue weighted by molar-refractivity contribution is 0.0673. The number of rotatable bonds is 6. The predicted octanol–water partition coefficient (Wildman–Crippen LogP) is 4.61. The number of aromatic nitrogens is 1. The highest BCUT2D eigenvalue weighted by molar-refractivity contribution is 6.22. The summed E-state index contributed by atoms with van der Waals surface area (Å²) in [6.07, 6.45) is 0. The fourth-order valence-corrected chi connectivity index (χ4v) is 5.17. The first-order chi connectivity index (χ1) is 18.8. The summed E-state index contributed by atoms with van der Waals surface area (Å²) in [6.45, 7) is 7.90. The molecule has 1 saturated heterocycles. The second-order valence-electron chi connectivity index (χ2n) is 10.0. The van der Waals surface area contributed by atoms with Crippen LogP contribution in [0, 0.1) is 0 Å². The fraction of sp³-hybridized carbons (Fsp3) is 0.258. The number of amides is 2. The molecular weight excluding hydrogens is 490 g/mol. The maximum atomic E-state index is 13.1. The van der Waals surface area contributed by atoms with Crippen LogP contribution in [0.15, 0.2) is 77.8 Å². The highest BCUT2D eigenvalue weighted by Gasteiger charge is 2.25. The molecule has 2 amide bonds. The van der Waals surface area contributed by atoms with Gasteiger partial charge in [-0.3, -0.25) is 9.59 Å². The summed E-state index contributed by atoms with van der Waals surface area (Å²) < 4.78 is 0. The van der Waals surface area contributed by atoms with Gasteiger partial charge in [-0.1, -0.05) is 36.4 Å². The molecule has 1 fully saturated rings. The topological polar surface area (TPSA) is 110 Å². The minimum Gasteiger partial charge on any atom is -0.494 e. The lowest BCUT2D eigenvalue weighted by atomic mass is 10.00. The van der Waals surface area contributed by atoms with E-state index in [1.807, 2.05) is 60.4 Å². The number of carbonyl (C=O) groups excluding carboxylic acids is 2. The number of carbonyl (C=O) groups is 2. The third kappa shape index (κ3) is 5.56. The van der Waals surface area contributed by atoms with Crippen LogP contribution in [0.25, 0.3) is 10.9 Å². The molecule has 0 bridgehead atoms. The van der Waals surface area contributed by atoms with Crippen LogP contribution >= 0.6 is 0 Å². The van der Waals surface area contributed by atoms with Gasteiger partial charge in [-0.05, 0) is 57.2 Å². The van der Waals surface area contributed by atoms with E-state index in [1.165, 1.54) is 0 Å². The Morgan fingerprint density at radius 2 is 1.62 bits per heavy atom. The Morgan fingerprint density at radius 1 is 0.949 bits per heavy atom. The van der Waals surface area contributed by atoms with Crippen molar-refractivity contribution < 1.29 is 14.7 Å². The fourth-order valence-electron chi connectivity index (χ4n) is 5.17. The zero-order chi connectivity index (χ0) is 27.5. The van der Waals surface area contributed by atoms with Crippen molar-refractivity contribution in [2.45, 2.75) is 32.9 Å². The molecule has 0 aliphatic carbocycles. The molecule has 1 aliphatic rings. The smallest absolute Gasteiger partial charge is 0.253 e. The van der Waals surface area contributed by atoms with Crippen molar-refractivity contribution in [3.05, 3.63) is 95.1 Å². The molecule has 0 radical (unpaired) electrons. The molecule has 5 rings (SSSR count). The Hall–Kier alpha value is -4.43. The number of fused-ring (bicyclic) bond motifs is 1. The number of hydrogen-bond donors (Lipinski definition) is 4. The molecule has 0 unspecified atom stereocenters. The number of nitrogens with one attached hydrogen (secondary N) is 3. The number of aromatic amines is 1. The van der Waals surface area contributed by atoms with Gasteiger partial charge < -0.3 is 25.6 Å². The normalized spacial score (nSPS) is 17.8. The summed E-state index contributed by atoms with van der Waals surface area (Å²) >= 11 is 0. The van der Waals surface area contributed by atoms with Crippen LogP contribution in [0.2, 0.25) is 0 Å². The number of piperazine rings is 1. The number of aliphatic imine (C=N–C) groups is 1. The molecule has 4 N–H and O–H groups in total. The van der Waals surface area contributed by atoms with Gasteiger partial charge in [-0.15, -0.1) is 0 Å². The van der Waals surface area contributed by atoms with E-state index >= 15 is 0 Å². The van der Waals surface area contributed by atoms with Gasteiger partial charge >= 0.3 is 0 Å². The minimum absolute atomic E-state index is 0.00574. The molecule has 39 heavy (non-hydrogen) atoms. The summed E-state index contributed by atoms with van der Waals surface area (Å²) in [6, 6.07) is 22.7. The Balaban J connectivity index is 1.52. The third-order valence-electron chi connectivity index (χ3n) is 6.86. The van der Waals surface area contributed by atoms with Gasteiger partial charge in [0.2, 0.25) is 0 Å². The summed E-state index contributed by atoms with van der Waals surface area (Å²) in [5.74, 6) is -0.202. The molecule has 0 saturated carbocycles. The Bertz CT molecular complexity index is 1520. The number of H-pyrrole nitrogens is 1. The van der Waals surface area contributed by atoms with Crippen LogP contribution in [0.4, 0.5) is 5.69 Å². The van der Waals surface area contributed by atoms with E-state index in [9.17, 15) is 14.7 Å². The van der Waals surface area contributed by atoms with E-state index in [2.05, 4.69) is 29.5 Å². The van der Waals surface area contributed by atoms with Crippen LogP contribution in [-0.4, -0.2) is 64.2 Å². The van der Waals surface area contributed by atoms with E-state index in [0.717, 1.165) is 10.9 Å². The van der Waals surface area contributed by atoms with Gasteiger partial charge in [0.15, 0.2) is 5.88 Å². The van der Waals surface area contributed by atoms with Gasteiger partial charge in [0.1, 0.15) is 0 Å². The average molecular weight is 524 g/mol. The Labute approximate surface area is 227 Å². The van der Waals surface area contributed by atoms with Crippen molar-refractivity contribution in [1.29, 1.82) is 0 Å². The Morgan fingerprint density at radius 3 is 2.28 bits per heavy atom.